The molecule has 1 amide bonds. The minimum absolute atomic E-state index is 0.102. The quantitative estimate of drug-likeness (QED) is 0.777. The maximum absolute atomic E-state index is 12.2. The molecule has 148 valence electrons. The van der Waals surface area contributed by atoms with Crippen LogP contribution in [0.3, 0.4) is 0 Å². The summed E-state index contributed by atoms with van der Waals surface area (Å²) in [6, 6.07) is 1.70. The van der Waals surface area contributed by atoms with Gasteiger partial charge in [0.2, 0.25) is 5.89 Å². The third-order valence-electron chi connectivity index (χ3n) is 4.28. The Kier molecular flexibility index (Phi) is 4.80. The van der Waals surface area contributed by atoms with Crippen LogP contribution >= 0.6 is 0 Å². The third-order valence-corrected chi connectivity index (χ3v) is 4.28. The number of carbonyl (C=O) groups is 1. The first-order valence-electron chi connectivity index (χ1n) is 8.70. The maximum atomic E-state index is 12.2. The van der Waals surface area contributed by atoms with Gasteiger partial charge >= 0.3 is 11.8 Å². The van der Waals surface area contributed by atoms with Gasteiger partial charge in [-0.2, -0.15) is 10.2 Å². The number of alkyl carbamates (subject to hydrolysis) is 1. The highest BCUT2D eigenvalue weighted by atomic mass is 16.6. The van der Waals surface area contributed by atoms with E-state index >= 15 is 0 Å². The van der Waals surface area contributed by atoms with E-state index in [4.69, 9.17) is 14.5 Å². The molecule has 0 radical (unpaired) electrons. The number of hydrogen-bond acceptors (Lipinski definition) is 8. The largest absolute Gasteiger partial charge is 0.444 e. The van der Waals surface area contributed by atoms with Crippen molar-refractivity contribution in [1.29, 1.82) is 5.26 Å². The molecule has 2 aromatic rings. The van der Waals surface area contributed by atoms with Crippen LogP contribution in [-0.4, -0.2) is 31.4 Å². The van der Waals surface area contributed by atoms with E-state index in [0.717, 1.165) is 17.2 Å². The number of aromatic amines is 1. The highest BCUT2D eigenvalue weighted by molar-refractivity contribution is 5.69. The Morgan fingerprint density at radius 2 is 2.18 bits per heavy atom. The van der Waals surface area contributed by atoms with Crippen LogP contribution in [0.25, 0.3) is 0 Å². The van der Waals surface area contributed by atoms with Crippen molar-refractivity contribution in [1.82, 2.24) is 25.0 Å². The van der Waals surface area contributed by atoms with Gasteiger partial charge in [-0.1, -0.05) is 5.16 Å². The summed E-state index contributed by atoms with van der Waals surface area (Å²) in [5, 5.41) is 15.7. The standard InChI is InChI=1S/C17H20N6O5/c1-16(2,3)27-15(26)21-17(5-4-6-17)13-19-11(28-22-13)9-23-8-10(7-18)12(24)20-14(23)25/h8H,4-6,9H2,1-3H3,(H,21,26)(H,20,24,25). The lowest BCUT2D eigenvalue weighted by molar-refractivity contribution is 0.0362. The van der Waals surface area contributed by atoms with Crippen molar-refractivity contribution in [2.45, 2.75) is 57.7 Å². The molecular formula is C17H20N6O5. The van der Waals surface area contributed by atoms with Crippen molar-refractivity contribution in [2.24, 2.45) is 0 Å². The van der Waals surface area contributed by atoms with Gasteiger partial charge in [0.15, 0.2) is 5.82 Å². The predicted octanol–water partition coefficient (Wildman–Crippen LogP) is 0.743. The Hall–Kier alpha value is -3.42. The fourth-order valence-corrected chi connectivity index (χ4v) is 2.80. The summed E-state index contributed by atoms with van der Waals surface area (Å²) >= 11 is 0. The molecule has 11 heteroatoms. The molecule has 2 aromatic heterocycles. The monoisotopic (exact) mass is 388 g/mol. The Morgan fingerprint density at radius 1 is 1.46 bits per heavy atom. The first-order chi connectivity index (χ1) is 13.1. The molecule has 2 N–H and O–H groups in total. The fraction of sp³-hybridized carbons (Fsp3) is 0.529. The fourth-order valence-electron chi connectivity index (χ4n) is 2.80. The summed E-state index contributed by atoms with van der Waals surface area (Å²) in [7, 11) is 0. The van der Waals surface area contributed by atoms with Gasteiger partial charge in [0.05, 0.1) is 0 Å². The molecule has 2 heterocycles. The van der Waals surface area contributed by atoms with Crippen molar-refractivity contribution < 1.29 is 14.1 Å². The van der Waals surface area contributed by atoms with Crippen LogP contribution < -0.4 is 16.6 Å². The second kappa shape index (κ2) is 6.95. The van der Waals surface area contributed by atoms with Gasteiger partial charge in [0.25, 0.3) is 5.56 Å². The normalized spacial score (nSPS) is 15.4. The molecule has 0 aliphatic heterocycles. The van der Waals surface area contributed by atoms with Crippen LogP contribution in [0.1, 0.15) is 57.3 Å². The van der Waals surface area contributed by atoms with Gasteiger partial charge < -0.3 is 14.6 Å². The molecule has 0 aromatic carbocycles. The number of ether oxygens (including phenoxy) is 1. The van der Waals surface area contributed by atoms with Crippen molar-refractivity contribution in [3.05, 3.63) is 44.3 Å². The highest BCUT2D eigenvalue weighted by Crippen LogP contribution is 2.40. The number of H-pyrrole nitrogens is 1. The summed E-state index contributed by atoms with van der Waals surface area (Å²) < 4.78 is 11.6. The molecule has 1 aliphatic carbocycles. The number of carbonyl (C=O) groups excluding carboxylic acids is 1. The third kappa shape index (κ3) is 3.95. The molecule has 28 heavy (non-hydrogen) atoms. The molecule has 3 rings (SSSR count). The molecule has 0 saturated heterocycles. The molecule has 11 nitrogen and oxygen atoms in total. The zero-order valence-electron chi connectivity index (χ0n) is 15.7. The van der Waals surface area contributed by atoms with Gasteiger partial charge in [-0.05, 0) is 40.0 Å². The van der Waals surface area contributed by atoms with Gasteiger partial charge in [-0.3, -0.25) is 14.3 Å². The topological polar surface area (TPSA) is 156 Å². The average molecular weight is 388 g/mol. The lowest BCUT2D eigenvalue weighted by Crippen LogP contribution is -2.52. The van der Waals surface area contributed by atoms with Crippen LogP contribution in [0.15, 0.2) is 20.3 Å². The molecular weight excluding hydrogens is 368 g/mol. The second-order valence-corrected chi connectivity index (χ2v) is 7.62. The lowest BCUT2D eigenvalue weighted by Gasteiger charge is -2.39. The summed E-state index contributed by atoms with van der Waals surface area (Å²) in [4.78, 5) is 41.9. The zero-order valence-corrected chi connectivity index (χ0v) is 15.7. The van der Waals surface area contributed by atoms with Crippen molar-refractivity contribution >= 4 is 6.09 Å². The number of hydrogen-bond donors (Lipinski definition) is 2. The number of amides is 1. The van der Waals surface area contributed by atoms with Gasteiger partial charge in [-0.25, -0.2) is 9.59 Å². The van der Waals surface area contributed by atoms with Gasteiger partial charge in [0.1, 0.15) is 29.3 Å². The van der Waals surface area contributed by atoms with E-state index in [0.29, 0.717) is 12.8 Å². The number of nitriles is 1. The smallest absolute Gasteiger partial charge is 0.408 e. The Labute approximate surface area is 159 Å². The van der Waals surface area contributed by atoms with Crippen LogP contribution in [0.4, 0.5) is 4.79 Å². The SMILES string of the molecule is CC(C)(C)OC(=O)NC1(c2noc(Cn3cc(C#N)c(=O)[nH]c3=O)n2)CCC1. The number of aromatic nitrogens is 4. The molecule has 0 bridgehead atoms. The summed E-state index contributed by atoms with van der Waals surface area (Å²) in [6.07, 6.45) is 2.69. The Bertz CT molecular complexity index is 1050. The van der Waals surface area contributed by atoms with Crippen LogP contribution in [0.5, 0.6) is 0 Å². The minimum atomic E-state index is -0.780. The first kappa shape index (κ1) is 19.3. The first-order valence-corrected chi connectivity index (χ1v) is 8.70. The van der Waals surface area contributed by atoms with Crippen LogP contribution in [0, 0.1) is 11.3 Å². The van der Waals surface area contributed by atoms with E-state index in [9.17, 15) is 14.4 Å². The van der Waals surface area contributed by atoms with Crippen molar-refractivity contribution in [2.75, 3.05) is 0 Å². The van der Waals surface area contributed by atoms with Crippen LogP contribution in [-0.2, 0) is 16.8 Å². The van der Waals surface area contributed by atoms with Crippen molar-refractivity contribution in [3.8, 4) is 6.07 Å². The summed E-state index contributed by atoms with van der Waals surface area (Å²) in [5.41, 5.74) is -3.08. The van der Waals surface area contributed by atoms with Gasteiger partial charge in [0, 0.05) is 6.20 Å². The molecule has 1 fully saturated rings. The Morgan fingerprint density at radius 3 is 2.75 bits per heavy atom. The molecule has 1 saturated carbocycles. The maximum Gasteiger partial charge on any atom is 0.408 e. The van der Waals surface area contributed by atoms with E-state index < -0.39 is 28.5 Å². The zero-order chi connectivity index (χ0) is 20.5. The number of nitrogens with zero attached hydrogens (tertiary/aromatic N) is 4. The second-order valence-electron chi connectivity index (χ2n) is 7.62. The molecule has 0 spiro atoms. The Balaban J connectivity index is 1.80. The highest BCUT2D eigenvalue weighted by Gasteiger charge is 2.45. The predicted molar refractivity (Wildman–Crippen MR) is 94.3 cm³/mol. The van der Waals surface area contributed by atoms with E-state index in [-0.39, 0.29) is 23.8 Å². The van der Waals surface area contributed by atoms with E-state index in [1.807, 2.05) is 0 Å². The van der Waals surface area contributed by atoms with E-state index in [1.165, 1.54) is 0 Å². The molecule has 0 unspecified atom stereocenters. The summed E-state index contributed by atoms with van der Waals surface area (Å²) in [6.45, 7) is 5.18. The molecule has 0 atom stereocenters. The minimum Gasteiger partial charge on any atom is -0.444 e. The summed E-state index contributed by atoms with van der Waals surface area (Å²) in [5.74, 6) is 0.392. The number of rotatable bonds is 4. The van der Waals surface area contributed by atoms with E-state index in [2.05, 4.69) is 20.4 Å². The van der Waals surface area contributed by atoms with Gasteiger partial charge in [-0.15, -0.1) is 0 Å². The molecule has 1 aliphatic rings. The van der Waals surface area contributed by atoms with Crippen molar-refractivity contribution in [3.63, 3.8) is 0 Å². The lowest BCUT2D eigenvalue weighted by atomic mass is 9.76. The average Bonchev–Trinajstić information content (AvgIpc) is 3.00. The van der Waals surface area contributed by atoms with Crippen LogP contribution in [0.2, 0.25) is 0 Å². The van der Waals surface area contributed by atoms with E-state index in [1.54, 1.807) is 26.8 Å². The number of nitrogens with one attached hydrogen (secondary N) is 2.